The molecule has 21 heavy (non-hydrogen) atoms. The van der Waals surface area contributed by atoms with Gasteiger partial charge in [-0.25, -0.2) is 5.01 Å². The number of benzene rings is 2. The SMILES string of the molecule is O=C1c2ccccc2NC2CC(c3ccc(Cl)cc3)=NN12. The van der Waals surface area contributed by atoms with E-state index in [1.54, 1.807) is 0 Å². The van der Waals surface area contributed by atoms with E-state index in [0.29, 0.717) is 17.0 Å². The first-order valence-electron chi connectivity index (χ1n) is 6.75. The molecule has 1 amide bonds. The molecule has 4 nitrogen and oxygen atoms in total. The predicted octanol–water partition coefficient (Wildman–Crippen LogP) is 3.34. The van der Waals surface area contributed by atoms with Crippen molar-refractivity contribution in [3.63, 3.8) is 0 Å². The Bertz CT molecular complexity index is 754. The van der Waals surface area contributed by atoms with Crippen LogP contribution < -0.4 is 5.32 Å². The highest BCUT2D eigenvalue weighted by atomic mass is 35.5. The molecule has 0 saturated carbocycles. The zero-order chi connectivity index (χ0) is 14.4. The van der Waals surface area contributed by atoms with Crippen LogP contribution in [0.2, 0.25) is 5.02 Å². The van der Waals surface area contributed by atoms with E-state index in [-0.39, 0.29) is 12.1 Å². The van der Waals surface area contributed by atoms with Crippen LogP contribution in [-0.2, 0) is 0 Å². The lowest BCUT2D eigenvalue weighted by Crippen LogP contribution is -2.42. The molecule has 1 unspecified atom stereocenters. The monoisotopic (exact) mass is 297 g/mol. The molecule has 0 bridgehead atoms. The average Bonchev–Trinajstić information content (AvgIpc) is 2.92. The van der Waals surface area contributed by atoms with E-state index in [4.69, 9.17) is 11.6 Å². The van der Waals surface area contributed by atoms with Crippen LogP contribution in [-0.4, -0.2) is 22.8 Å². The Hall–Kier alpha value is -2.33. The fraction of sp³-hybridized carbons (Fsp3) is 0.125. The van der Waals surface area contributed by atoms with Crippen molar-refractivity contribution in [3.8, 4) is 0 Å². The van der Waals surface area contributed by atoms with Gasteiger partial charge in [-0.1, -0.05) is 35.9 Å². The fourth-order valence-corrected chi connectivity index (χ4v) is 2.85. The maximum atomic E-state index is 12.5. The second kappa shape index (κ2) is 4.60. The fourth-order valence-electron chi connectivity index (χ4n) is 2.73. The van der Waals surface area contributed by atoms with Gasteiger partial charge in [-0.05, 0) is 29.8 Å². The van der Waals surface area contributed by atoms with Crippen LogP contribution in [0.3, 0.4) is 0 Å². The molecular weight excluding hydrogens is 286 g/mol. The molecule has 0 fully saturated rings. The van der Waals surface area contributed by atoms with Crippen molar-refractivity contribution in [1.82, 2.24) is 5.01 Å². The summed E-state index contributed by atoms with van der Waals surface area (Å²) in [5.74, 6) is -0.0571. The van der Waals surface area contributed by atoms with Crippen LogP contribution >= 0.6 is 11.6 Å². The molecule has 2 aliphatic heterocycles. The number of hydrogen-bond acceptors (Lipinski definition) is 3. The summed E-state index contributed by atoms with van der Waals surface area (Å²) in [6, 6.07) is 15.0. The lowest BCUT2D eigenvalue weighted by molar-refractivity contribution is 0.0718. The minimum atomic E-state index is -0.113. The number of carbonyl (C=O) groups excluding carboxylic acids is 1. The highest BCUT2D eigenvalue weighted by molar-refractivity contribution is 6.30. The minimum absolute atomic E-state index is 0.0571. The van der Waals surface area contributed by atoms with Gasteiger partial charge in [0.25, 0.3) is 5.91 Å². The number of hydrogen-bond donors (Lipinski definition) is 1. The molecule has 1 atom stereocenters. The van der Waals surface area contributed by atoms with Crippen LogP contribution in [0.15, 0.2) is 53.6 Å². The summed E-state index contributed by atoms with van der Waals surface area (Å²) >= 11 is 5.91. The average molecular weight is 298 g/mol. The van der Waals surface area contributed by atoms with Gasteiger partial charge >= 0.3 is 0 Å². The number of nitrogens with one attached hydrogen (secondary N) is 1. The molecule has 2 aromatic carbocycles. The first-order chi connectivity index (χ1) is 10.2. The zero-order valence-corrected chi connectivity index (χ0v) is 11.8. The standard InChI is InChI=1S/C16H12ClN3O/c17-11-7-5-10(6-8-11)14-9-15-18-13-4-2-1-3-12(13)16(21)20(15)19-14/h1-8,15,18H,9H2. The van der Waals surface area contributed by atoms with Crippen LogP contribution in [0.5, 0.6) is 0 Å². The Balaban J connectivity index is 1.69. The van der Waals surface area contributed by atoms with E-state index < -0.39 is 0 Å². The first kappa shape index (κ1) is 12.4. The molecule has 0 saturated heterocycles. The summed E-state index contributed by atoms with van der Waals surface area (Å²) in [7, 11) is 0. The third-order valence-corrected chi connectivity index (χ3v) is 4.03. The first-order valence-corrected chi connectivity index (χ1v) is 7.13. The van der Waals surface area contributed by atoms with E-state index in [1.807, 2.05) is 48.5 Å². The molecule has 2 heterocycles. The van der Waals surface area contributed by atoms with Crippen LogP contribution in [0.4, 0.5) is 5.69 Å². The molecule has 1 N–H and O–H groups in total. The molecule has 4 rings (SSSR count). The Labute approximate surface area is 127 Å². The van der Waals surface area contributed by atoms with Gasteiger partial charge in [-0.2, -0.15) is 5.10 Å². The number of rotatable bonds is 1. The van der Waals surface area contributed by atoms with E-state index in [9.17, 15) is 4.79 Å². The summed E-state index contributed by atoms with van der Waals surface area (Å²) in [5, 5.41) is 10.1. The Morgan fingerprint density at radius 3 is 2.71 bits per heavy atom. The van der Waals surface area contributed by atoms with Gasteiger partial charge in [0.15, 0.2) is 0 Å². The summed E-state index contributed by atoms with van der Waals surface area (Å²) in [4.78, 5) is 12.5. The summed E-state index contributed by atoms with van der Waals surface area (Å²) in [6.07, 6.45) is 0.569. The van der Waals surface area contributed by atoms with Gasteiger partial charge < -0.3 is 5.32 Å². The summed E-state index contributed by atoms with van der Waals surface area (Å²) in [6.45, 7) is 0. The van der Waals surface area contributed by atoms with Gasteiger partial charge in [0, 0.05) is 17.1 Å². The van der Waals surface area contributed by atoms with Gasteiger partial charge in [0.05, 0.1) is 11.3 Å². The normalized spacial score (nSPS) is 19.7. The molecule has 5 heteroatoms. The van der Waals surface area contributed by atoms with Crippen molar-refractivity contribution in [2.45, 2.75) is 12.6 Å². The van der Waals surface area contributed by atoms with E-state index in [1.165, 1.54) is 5.01 Å². The maximum absolute atomic E-state index is 12.5. The highest BCUT2D eigenvalue weighted by Gasteiger charge is 2.37. The Morgan fingerprint density at radius 2 is 1.90 bits per heavy atom. The summed E-state index contributed by atoms with van der Waals surface area (Å²) in [5.41, 5.74) is 3.42. The Morgan fingerprint density at radius 1 is 1.14 bits per heavy atom. The smallest absolute Gasteiger partial charge is 0.278 e. The number of amides is 1. The van der Waals surface area contributed by atoms with Crippen LogP contribution in [0.25, 0.3) is 0 Å². The van der Waals surface area contributed by atoms with E-state index in [2.05, 4.69) is 10.4 Å². The zero-order valence-electron chi connectivity index (χ0n) is 11.1. The maximum Gasteiger partial charge on any atom is 0.278 e. The van der Waals surface area contributed by atoms with Crippen molar-refractivity contribution >= 4 is 28.9 Å². The van der Waals surface area contributed by atoms with Crippen molar-refractivity contribution in [2.24, 2.45) is 5.10 Å². The van der Waals surface area contributed by atoms with Gasteiger partial charge in [0.1, 0.15) is 6.17 Å². The molecule has 104 valence electrons. The van der Waals surface area contributed by atoms with Crippen molar-refractivity contribution in [2.75, 3.05) is 5.32 Å². The van der Waals surface area contributed by atoms with E-state index in [0.717, 1.165) is 17.0 Å². The predicted molar refractivity (Wildman–Crippen MR) is 82.6 cm³/mol. The van der Waals surface area contributed by atoms with Gasteiger partial charge in [-0.15, -0.1) is 0 Å². The molecule has 0 radical (unpaired) electrons. The quantitative estimate of drug-likeness (QED) is 0.877. The molecular formula is C16H12ClN3O. The molecule has 2 aliphatic rings. The Kier molecular flexibility index (Phi) is 2.72. The number of nitrogens with zero attached hydrogens (tertiary/aromatic N) is 2. The number of anilines is 1. The second-order valence-electron chi connectivity index (χ2n) is 5.11. The molecule has 0 aromatic heterocycles. The lowest BCUT2D eigenvalue weighted by atomic mass is 10.0. The van der Waals surface area contributed by atoms with Crippen LogP contribution in [0.1, 0.15) is 22.3 Å². The molecule has 2 aromatic rings. The number of carbonyl (C=O) groups is 1. The van der Waals surface area contributed by atoms with Crippen molar-refractivity contribution in [1.29, 1.82) is 0 Å². The second-order valence-corrected chi connectivity index (χ2v) is 5.55. The van der Waals surface area contributed by atoms with Gasteiger partial charge in [0.2, 0.25) is 0 Å². The third kappa shape index (κ3) is 1.99. The molecule has 0 aliphatic carbocycles. The molecule has 0 spiro atoms. The van der Waals surface area contributed by atoms with Gasteiger partial charge in [-0.3, -0.25) is 4.79 Å². The minimum Gasteiger partial charge on any atom is -0.363 e. The van der Waals surface area contributed by atoms with Crippen molar-refractivity contribution < 1.29 is 4.79 Å². The number of halogens is 1. The van der Waals surface area contributed by atoms with Crippen molar-refractivity contribution in [3.05, 3.63) is 64.7 Å². The number of hydrazone groups is 1. The number of para-hydroxylation sites is 1. The topological polar surface area (TPSA) is 44.7 Å². The number of fused-ring (bicyclic) bond motifs is 2. The van der Waals surface area contributed by atoms with Crippen LogP contribution in [0, 0.1) is 0 Å². The highest BCUT2D eigenvalue weighted by Crippen LogP contribution is 2.31. The third-order valence-electron chi connectivity index (χ3n) is 3.78. The lowest BCUT2D eigenvalue weighted by Gasteiger charge is -2.29. The van der Waals surface area contributed by atoms with E-state index >= 15 is 0 Å². The summed E-state index contributed by atoms with van der Waals surface area (Å²) < 4.78 is 0. The largest absolute Gasteiger partial charge is 0.363 e.